The lowest BCUT2D eigenvalue weighted by molar-refractivity contribution is -0.121. The fourth-order valence-corrected chi connectivity index (χ4v) is 4.07. The van der Waals surface area contributed by atoms with E-state index >= 15 is 0 Å². The molecule has 0 atom stereocenters. The topological polar surface area (TPSA) is 109 Å². The Morgan fingerprint density at radius 3 is 2.63 bits per heavy atom. The van der Waals surface area contributed by atoms with E-state index in [4.69, 9.17) is 4.74 Å². The van der Waals surface area contributed by atoms with Crippen LogP contribution in [0.5, 0.6) is 0 Å². The lowest BCUT2D eigenvalue weighted by Crippen LogP contribution is -2.51. The second-order valence-electron chi connectivity index (χ2n) is 6.36. The molecule has 0 unspecified atom stereocenters. The second kappa shape index (κ2) is 9.65. The first-order chi connectivity index (χ1) is 12.8. The Hall–Kier alpha value is -2.20. The maximum atomic E-state index is 12.3. The standard InChI is InChI=1S/C17H26N4O5S/c1-3-26-17(23)20-9-6-15(7-10-20)21(27(2,24)25)13-16(22)19-12-14-5-4-8-18-11-14/h4-5,8,11,15H,3,6-7,9-10,12-13H2,1-2H3,(H,19,22). The van der Waals surface area contributed by atoms with Crippen molar-refractivity contribution in [3.63, 3.8) is 0 Å². The Balaban J connectivity index is 1.92. The molecular weight excluding hydrogens is 372 g/mol. The van der Waals surface area contributed by atoms with Crippen molar-refractivity contribution in [1.82, 2.24) is 19.5 Å². The van der Waals surface area contributed by atoms with E-state index in [-0.39, 0.29) is 25.0 Å². The van der Waals surface area contributed by atoms with E-state index in [2.05, 4.69) is 10.3 Å². The summed E-state index contributed by atoms with van der Waals surface area (Å²) in [5.41, 5.74) is 0.833. The second-order valence-corrected chi connectivity index (χ2v) is 8.30. The van der Waals surface area contributed by atoms with Crippen LogP contribution >= 0.6 is 0 Å². The number of aromatic nitrogens is 1. The van der Waals surface area contributed by atoms with Crippen molar-refractivity contribution in [1.29, 1.82) is 0 Å². The highest BCUT2D eigenvalue weighted by molar-refractivity contribution is 7.88. The van der Waals surface area contributed by atoms with Crippen LogP contribution in [0.4, 0.5) is 4.79 Å². The van der Waals surface area contributed by atoms with Crippen LogP contribution in [0.1, 0.15) is 25.3 Å². The van der Waals surface area contributed by atoms with Gasteiger partial charge in [-0.25, -0.2) is 13.2 Å². The van der Waals surface area contributed by atoms with Gasteiger partial charge in [0.2, 0.25) is 15.9 Å². The Morgan fingerprint density at radius 1 is 1.37 bits per heavy atom. The smallest absolute Gasteiger partial charge is 0.409 e. The third kappa shape index (κ3) is 6.47. The molecule has 1 fully saturated rings. The first-order valence-corrected chi connectivity index (χ1v) is 10.7. The summed E-state index contributed by atoms with van der Waals surface area (Å²) >= 11 is 0. The van der Waals surface area contributed by atoms with Crippen molar-refractivity contribution in [2.75, 3.05) is 32.5 Å². The molecule has 0 spiro atoms. The first-order valence-electron chi connectivity index (χ1n) is 8.85. The Kier molecular flexibility index (Phi) is 7.55. The molecule has 0 saturated carbocycles. The normalized spacial score (nSPS) is 15.6. The molecule has 2 rings (SSSR count). The number of carbonyl (C=O) groups is 2. The molecule has 2 heterocycles. The fraction of sp³-hybridized carbons (Fsp3) is 0.588. The maximum absolute atomic E-state index is 12.3. The van der Waals surface area contributed by atoms with Crippen molar-refractivity contribution in [3.8, 4) is 0 Å². The monoisotopic (exact) mass is 398 g/mol. The van der Waals surface area contributed by atoms with Gasteiger partial charge in [-0.2, -0.15) is 4.31 Å². The number of hydrogen-bond acceptors (Lipinski definition) is 6. The molecule has 150 valence electrons. The molecule has 1 aromatic rings. The van der Waals surface area contributed by atoms with Gasteiger partial charge in [0.15, 0.2) is 0 Å². The molecule has 0 bridgehead atoms. The largest absolute Gasteiger partial charge is 0.450 e. The third-order valence-corrected chi connectivity index (χ3v) is 5.61. The van der Waals surface area contributed by atoms with Crippen LogP contribution in [-0.4, -0.2) is 73.1 Å². The van der Waals surface area contributed by atoms with Gasteiger partial charge in [-0.3, -0.25) is 9.78 Å². The SMILES string of the molecule is CCOC(=O)N1CCC(N(CC(=O)NCc2cccnc2)S(C)(=O)=O)CC1. The Bertz CT molecular complexity index is 733. The number of pyridine rings is 1. The molecule has 1 saturated heterocycles. The van der Waals surface area contributed by atoms with Gasteiger partial charge >= 0.3 is 6.09 Å². The van der Waals surface area contributed by atoms with E-state index in [1.807, 2.05) is 6.07 Å². The van der Waals surface area contributed by atoms with Crippen LogP contribution in [0.2, 0.25) is 0 Å². The zero-order valence-electron chi connectivity index (χ0n) is 15.6. The van der Waals surface area contributed by atoms with Gasteiger partial charge in [0.25, 0.3) is 0 Å². The van der Waals surface area contributed by atoms with Gasteiger partial charge in [-0.05, 0) is 31.4 Å². The molecule has 1 aromatic heterocycles. The molecule has 0 aromatic carbocycles. The quantitative estimate of drug-likeness (QED) is 0.720. The maximum Gasteiger partial charge on any atom is 0.409 e. The fourth-order valence-electron chi connectivity index (χ4n) is 2.97. The van der Waals surface area contributed by atoms with Crippen molar-refractivity contribution >= 4 is 22.0 Å². The lowest BCUT2D eigenvalue weighted by Gasteiger charge is -2.36. The van der Waals surface area contributed by atoms with Gasteiger partial charge in [-0.1, -0.05) is 6.07 Å². The number of hydrogen-bond donors (Lipinski definition) is 1. The average Bonchev–Trinajstić information content (AvgIpc) is 2.65. The number of carbonyl (C=O) groups excluding carboxylic acids is 2. The van der Waals surface area contributed by atoms with Crippen LogP contribution in [0.15, 0.2) is 24.5 Å². The number of amides is 2. The van der Waals surface area contributed by atoms with Crippen molar-refractivity contribution in [2.24, 2.45) is 0 Å². The molecule has 27 heavy (non-hydrogen) atoms. The number of rotatable bonds is 7. The molecule has 2 amide bonds. The number of nitrogens with zero attached hydrogens (tertiary/aromatic N) is 3. The van der Waals surface area contributed by atoms with E-state index in [0.717, 1.165) is 11.8 Å². The molecular formula is C17H26N4O5S. The van der Waals surface area contributed by atoms with Crippen LogP contribution < -0.4 is 5.32 Å². The predicted molar refractivity (Wildman–Crippen MR) is 99.3 cm³/mol. The zero-order chi connectivity index (χ0) is 19.9. The van der Waals surface area contributed by atoms with E-state index in [0.29, 0.717) is 32.5 Å². The number of sulfonamides is 1. The van der Waals surface area contributed by atoms with E-state index in [1.54, 1.807) is 30.3 Å². The minimum atomic E-state index is -3.57. The summed E-state index contributed by atoms with van der Waals surface area (Å²) in [4.78, 5) is 29.6. The average molecular weight is 398 g/mol. The van der Waals surface area contributed by atoms with E-state index in [1.165, 1.54) is 4.31 Å². The molecule has 9 nitrogen and oxygen atoms in total. The highest BCUT2D eigenvalue weighted by atomic mass is 32.2. The summed E-state index contributed by atoms with van der Waals surface area (Å²) in [7, 11) is -3.57. The van der Waals surface area contributed by atoms with E-state index < -0.39 is 16.1 Å². The lowest BCUT2D eigenvalue weighted by atomic mass is 10.1. The molecule has 1 aliphatic rings. The summed E-state index contributed by atoms with van der Waals surface area (Å²) in [6.07, 6.45) is 4.90. The van der Waals surface area contributed by atoms with Crippen molar-refractivity contribution in [2.45, 2.75) is 32.4 Å². The number of piperidine rings is 1. The number of likely N-dealkylation sites (tertiary alicyclic amines) is 1. The van der Waals surface area contributed by atoms with Gasteiger partial charge in [0.05, 0.1) is 19.4 Å². The van der Waals surface area contributed by atoms with Crippen LogP contribution in [0.25, 0.3) is 0 Å². The molecule has 1 N–H and O–H groups in total. The van der Waals surface area contributed by atoms with Gasteiger partial charge < -0.3 is 15.0 Å². The minimum Gasteiger partial charge on any atom is -0.450 e. The van der Waals surface area contributed by atoms with Crippen LogP contribution in [0.3, 0.4) is 0 Å². The number of ether oxygens (including phenoxy) is 1. The van der Waals surface area contributed by atoms with E-state index in [9.17, 15) is 18.0 Å². The number of nitrogens with one attached hydrogen (secondary N) is 1. The summed E-state index contributed by atoms with van der Waals surface area (Å²) in [6.45, 7) is 2.86. The molecule has 0 aliphatic carbocycles. The van der Waals surface area contributed by atoms with Crippen LogP contribution in [0, 0.1) is 0 Å². The van der Waals surface area contributed by atoms with Gasteiger partial charge in [0, 0.05) is 38.1 Å². The van der Waals surface area contributed by atoms with Crippen molar-refractivity contribution < 1.29 is 22.7 Å². The Morgan fingerprint density at radius 2 is 2.07 bits per heavy atom. The summed E-state index contributed by atoms with van der Waals surface area (Å²) in [5, 5.41) is 2.71. The summed E-state index contributed by atoms with van der Waals surface area (Å²) in [6, 6.07) is 3.27. The minimum absolute atomic E-state index is 0.247. The van der Waals surface area contributed by atoms with Gasteiger partial charge in [-0.15, -0.1) is 0 Å². The van der Waals surface area contributed by atoms with Crippen LogP contribution in [-0.2, 0) is 26.1 Å². The molecule has 10 heteroatoms. The summed E-state index contributed by atoms with van der Waals surface area (Å²) < 4.78 is 30.6. The van der Waals surface area contributed by atoms with Gasteiger partial charge in [0.1, 0.15) is 0 Å². The molecule has 0 radical (unpaired) electrons. The highest BCUT2D eigenvalue weighted by Crippen LogP contribution is 2.19. The zero-order valence-corrected chi connectivity index (χ0v) is 16.4. The molecule has 1 aliphatic heterocycles. The third-order valence-electron chi connectivity index (χ3n) is 4.34. The predicted octanol–water partition coefficient (Wildman–Crippen LogP) is 0.580. The first kappa shape index (κ1) is 21.1. The highest BCUT2D eigenvalue weighted by Gasteiger charge is 2.33. The Labute approximate surface area is 159 Å². The summed E-state index contributed by atoms with van der Waals surface area (Å²) in [5.74, 6) is -0.378. The van der Waals surface area contributed by atoms with Crippen molar-refractivity contribution in [3.05, 3.63) is 30.1 Å².